The van der Waals surface area contributed by atoms with Crippen molar-refractivity contribution in [3.8, 4) is 5.75 Å². The molecule has 1 heterocycles. The molecular weight excluding hydrogens is 350 g/mol. The van der Waals surface area contributed by atoms with E-state index in [0.717, 1.165) is 0 Å². The van der Waals surface area contributed by atoms with E-state index < -0.39 is 15.7 Å². The first-order chi connectivity index (χ1) is 11.3. The number of benzene rings is 1. The summed E-state index contributed by atoms with van der Waals surface area (Å²) in [4.78, 5) is 24.4. The van der Waals surface area contributed by atoms with Crippen molar-refractivity contribution in [1.29, 1.82) is 0 Å². The van der Waals surface area contributed by atoms with E-state index in [0.29, 0.717) is 4.88 Å². The molecular formula is C16H17NO5S2. The molecule has 0 saturated heterocycles. The molecule has 1 aromatic heterocycles. The van der Waals surface area contributed by atoms with Gasteiger partial charge in [-0.05, 0) is 29.6 Å². The van der Waals surface area contributed by atoms with Crippen LogP contribution in [0.3, 0.4) is 0 Å². The second-order valence-corrected chi connectivity index (χ2v) is 8.26. The van der Waals surface area contributed by atoms with Gasteiger partial charge in [-0.25, -0.2) is 8.42 Å². The zero-order chi connectivity index (χ0) is 17.7. The lowest BCUT2D eigenvalue weighted by Crippen LogP contribution is -2.14. The maximum atomic E-state index is 11.9. The fourth-order valence-electron chi connectivity index (χ4n) is 1.98. The Bertz CT molecular complexity index is 841. The minimum atomic E-state index is -3.44. The molecule has 1 aromatic carbocycles. The number of sulfone groups is 1. The number of hydrogen-bond donors (Lipinski definition) is 2. The molecule has 0 aliphatic rings. The minimum absolute atomic E-state index is 0.0121. The van der Waals surface area contributed by atoms with E-state index in [-0.39, 0.29) is 40.7 Å². The van der Waals surface area contributed by atoms with Gasteiger partial charge in [0.15, 0.2) is 15.6 Å². The quantitative estimate of drug-likeness (QED) is 0.579. The summed E-state index contributed by atoms with van der Waals surface area (Å²) in [6.45, 7) is 1.51. The lowest BCUT2D eigenvalue weighted by atomic mass is 10.2. The number of aromatic hydroxyl groups is 1. The number of carbonyl (C=O) groups excluding carboxylic acids is 2. The van der Waals surface area contributed by atoms with Crippen molar-refractivity contribution < 1.29 is 23.1 Å². The second-order valence-electron chi connectivity index (χ2n) is 5.03. The summed E-state index contributed by atoms with van der Waals surface area (Å²) in [5.74, 6) is -0.920. The Hall–Kier alpha value is -2.19. The summed E-state index contributed by atoms with van der Waals surface area (Å²) < 4.78 is 23.7. The Labute approximate surface area is 144 Å². The molecule has 0 aliphatic carbocycles. The van der Waals surface area contributed by atoms with E-state index in [1.165, 1.54) is 36.5 Å². The van der Waals surface area contributed by atoms with Gasteiger partial charge >= 0.3 is 0 Å². The van der Waals surface area contributed by atoms with E-state index in [1.807, 2.05) is 0 Å². The molecule has 24 heavy (non-hydrogen) atoms. The number of ketones is 1. The Morgan fingerprint density at radius 1 is 1.21 bits per heavy atom. The molecule has 0 fully saturated rings. The average molecular weight is 367 g/mol. The highest BCUT2D eigenvalue weighted by molar-refractivity contribution is 7.91. The van der Waals surface area contributed by atoms with E-state index in [4.69, 9.17) is 0 Å². The van der Waals surface area contributed by atoms with Crippen LogP contribution in [0.15, 0.2) is 40.6 Å². The fraction of sp³-hybridized carbons (Fsp3) is 0.250. The number of anilines is 1. The largest absolute Gasteiger partial charge is 0.506 e. The molecule has 0 saturated carbocycles. The molecule has 2 aromatic rings. The van der Waals surface area contributed by atoms with Gasteiger partial charge in [-0.3, -0.25) is 9.59 Å². The number of carbonyl (C=O) groups is 2. The molecule has 0 atom stereocenters. The summed E-state index contributed by atoms with van der Waals surface area (Å²) in [6.07, 6.45) is -0.0129. The van der Waals surface area contributed by atoms with E-state index >= 15 is 0 Å². The van der Waals surface area contributed by atoms with Crippen LogP contribution < -0.4 is 5.32 Å². The van der Waals surface area contributed by atoms with Gasteiger partial charge in [-0.1, -0.05) is 13.0 Å². The van der Waals surface area contributed by atoms with E-state index in [9.17, 15) is 23.1 Å². The van der Waals surface area contributed by atoms with Crippen LogP contribution in [0, 0.1) is 0 Å². The van der Waals surface area contributed by atoms with Crippen molar-refractivity contribution in [1.82, 2.24) is 0 Å². The Kier molecular flexibility index (Phi) is 5.74. The van der Waals surface area contributed by atoms with Crippen LogP contribution in [0.5, 0.6) is 5.75 Å². The third kappa shape index (κ3) is 4.42. The molecule has 0 spiro atoms. The van der Waals surface area contributed by atoms with Gasteiger partial charge < -0.3 is 10.4 Å². The molecule has 0 unspecified atom stereocenters. The number of amides is 1. The smallest absolute Gasteiger partial charge is 0.224 e. The molecule has 2 rings (SSSR count). The number of hydrogen-bond acceptors (Lipinski definition) is 6. The number of rotatable bonds is 7. The van der Waals surface area contributed by atoms with Gasteiger partial charge in [0, 0.05) is 12.8 Å². The molecule has 2 N–H and O–H groups in total. The van der Waals surface area contributed by atoms with Crippen LogP contribution in [0.1, 0.15) is 29.4 Å². The van der Waals surface area contributed by atoms with Gasteiger partial charge in [-0.2, -0.15) is 0 Å². The van der Waals surface area contributed by atoms with Crippen LogP contribution in [-0.2, 0) is 14.6 Å². The highest BCUT2D eigenvalue weighted by atomic mass is 32.2. The van der Waals surface area contributed by atoms with E-state index in [1.54, 1.807) is 17.5 Å². The number of phenolic OH excluding ortho intramolecular Hbond substituents is 1. The molecule has 0 aliphatic heterocycles. The van der Waals surface area contributed by atoms with Crippen molar-refractivity contribution in [3.63, 3.8) is 0 Å². The molecule has 1 amide bonds. The summed E-state index contributed by atoms with van der Waals surface area (Å²) in [5.41, 5.74) is 0.0121. The number of thiophene rings is 1. The van der Waals surface area contributed by atoms with Gasteiger partial charge in [-0.15, -0.1) is 11.3 Å². The SMILES string of the molecule is CCS(=O)(=O)c1ccc(O)c(NC(=O)CCC(=O)c2cccs2)c1. The third-order valence-electron chi connectivity index (χ3n) is 3.36. The van der Waals surface area contributed by atoms with Crippen molar-refractivity contribution in [2.45, 2.75) is 24.7 Å². The van der Waals surface area contributed by atoms with Gasteiger partial charge in [0.25, 0.3) is 0 Å². The van der Waals surface area contributed by atoms with Crippen LogP contribution >= 0.6 is 11.3 Å². The van der Waals surface area contributed by atoms with Gasteiger partial charge in [0.05, 0.1) is 21.2 Å². The summed E-state index contributed by atoms with van der Waals surface area (Å²) >= 11 is 1.31. The van der Waals surface area contributed by atoms with Crippen LogP contribution in [0.4, 0.5) is 5.69 Å². The first kappa shape index (κ1) is 18.2. The summed E-state index contributed by atoms with van der Waals surface area (Å²) in [7, 11) is -3.44. The first-order valence-corrected chi connectivity index (χ1v) is 9.79. The first-order valence-electron chi connectivity index (χ1n) is 7.26. The summed E-state index contributed by atoms with van der Waals surface area (Å²) in [5, 5.41) is 14.0. The van der Waals surface area contributed by atoms with Gasteiger partial charge in [0.2, 0.25) is 5.91 Å². The molecule has 6 nitrogen and oxygen atoms in total. The van der Waals surface area contributed by atoms with Crippen molar-refractivity contribution in [2.24, 2.45) is 0 Å². The highest BCUT2D eigenvalue weighted by Gasteiger charge is 2.16. The number of nitrogens with one attached hydrogen (secondary N) is 1. The maximum Gasteiger partial charge on any atom is 0.224 e. The Morgan fingerprint density at radius 3 is 2.58 bits per heavy atom. The lowest BCUT2D eigenvalue weighted by molar-refractivity contribution is -0.116. The van der Waals surface area contributed by atoms with Crippen molar-refractivity contribution in [2.75, 3.05) is 11.1 Å². The predicted octanol–water partition coefficient (Wildman–Crippen LogP) is 2.85. The van der Waals surface area contributed by atoms with Crippen LogP contribution in [-0.4, -0.2) is 31.0 Å². The van der Waals surface area contributed by atoms with E-state index in [2.05, 4.69) is 5.32 Å². The Morgan fingerprint density at radius 2 is 1.96 bits per heavy atom. The van der Waals surface area contributed by atoms with Crippen LogP contribution in [0.25, 0.3) is 0 Å². The maximum absolute atomic E-state index is 11.9. The predicted molar refractivity (Wildman–Crippen MR) is 92.3 cm³/mol. The minimum Gasteiger partial charge on any atom is -0.506 e. The summed E-state index contributed by atoms with van der Waals surface area (Å²) in [6, 6.07) is 7.16. The zero-order valence-corrected chi connectivity index (χ0v) is 14.6. The molecule has 8 heteroatoms. The average Bonchev–Trinajstić information content (AvgIpc) is 3.09. The second kappa shape index (κ2) is 7.59. The topological polar surface area (TPSA) is 101 Å². The fourth-order valence-corrected chi connectivity index (χ4v) is 3.58. The van der Waals surface area contributed by atoms with Crippen molar-refractivity contribution in [3.05, 3.63) is 40.6 Å². The lowest BCUT2D eigenvalue weighted by Gasteiger charge is -2.09. The number of Topliss-reactive ketones (excluding diaryl/α,β-unsaturated/α-hetero) is 1. The molecule has 128 valence electrons. The third-order valence-corrected chi connectivity index (χ3v) is 6.00. The highest BCUT2D eigenvalue weighted by Crippen LogP contribution is 2.27. The Balaban J connectivity index is 2.03. The monoisotopic (exact) mass is 367 g/mol. The van der Waals surface area contributed by atoms with Gasteiger partial charge in [0.1, 0.15) is 5.75 Å². The van der Waals surface area contributed by atoms with Crippen LogP contribution in [0.2, 0.25) is 0 Å². The normalized spacial score (nSPS) is 11.2. The standard InChI is InChI=1S/C16H17NO5S2/c1-2-24(21,22)11-5-6-13(18)12(10-11)17-16(20)8-7-14(19)15-4-3-9-23-15/h3-6,9-10,18H,2,7-8H2,1H3,(H,17,20). The number of phenols is 1. The molecule has 0 radical (unpaired) electrons. The molecule has 0 bridgehead atoms. The zero-order valence-electron chi connectivity index (χ0n) is 13.0. The van der Waals surface area contributed by atoms with Crippen molar-refractivity contribution >= 4 is 38.6 Å².